The van der Waals surface area contributed by atoms with E-state index >= 15 is 0 Å². The van der Waals surface area contributed by atoms with Gasteiger partial charge in [0.1, 0.15) is 5.75 Å². The van der Waals surface area contributed by atoms with Crippen molar-refractivity contribution in [3.63, 3.8) is 0 Å². The largest absolute Gasteiger partial charge is 0.478 e. The highest BCUT2D eigenvalue weighted by molar-refractivity contribution is 5.81. The van der Waals surface area contributed by atoms with Gasteiger partial charge in [-0.2, -0.15) is 0 Å². The molecule has 0 atom stereocenters. The van der Waals surface area contributed by atoms with Crippen LogP contribution in [0.1, 0.15) is 55.6 Å². The van der Waals surface area contributed by atoms with Crippen molar-refractivity contribution in [2.24, 2.45) is 0 Å². The Labute approximate surface area is 113 Å². The molecule has 102 valence electrons. The summed E-state index contributed by atoms with van der Waals surface area (Å²) in [6, 6.07) is 6.22. The third-order valence-corrected chi connectivity index (χ3v) is 4.36. The van der Waals surface area contributed by atoms with Gasteiger partial charge in [-0.1, -0.05) is 25.0 Å². The van der Waals surface area contributed by atoms with Crippen molar-refractivity contribution in [3.8, 4) is 5.75 Å². The van der Waals surface area contributed by atoms with Gasteiger partial charge in [0.15, 0.2) is 0 Å². The zero-order chi connectivity index (χ0) is 13.5. The molecular weight excluding hydrogens is 240 g/mol. The number of carboxylic acids is 1. The Kier molecular flexibility index (Phi) is 3.00. The molecule has 0 aliphatic heterocycles. The molecular formula is C16H20O3. The van der Waals surface area contributed by atoms with Crippen LogP contribution in [0.4, 0.5) is 0 Å². The van der Waals surface area contributed by atoms with Gasteiger partial charge in [-0.05, 0) is 42.9 Å². The lowest BCUT2D eigenvalue weighted by molar-refractivity contribution is -0.147. The number of carbonyl (C=O) groups is 1. The molecule has 2 saturated carbocycles. The van der Waals surface area contributed by atoms with Crippen molar-refractivity contribution in [1.29, 1.82) is 0 Å². The third kappa shape index (κ3) is 2.34. The molecule has 1 N–H and O–H groups in total. The van der Waals surface area contributed by atoms with Crippen molar-refractivity contribution < 1.29 is 14.6 Å². The van der Waals surface area contributed by atoms with Gasteiger partial charge in [-0.3, -0.25) is 0 Å². The van der Waals surface area contributed by atoms with E-state index in [1.165, 1.54) is 31.2 Å². The van der Waals surface area contributed by atoms with E-state index in [4.69, 9.17) is 4.74 Å². The quantitative estimate of drug-likeness (QED) is 0.898. The molecule has 0 unspecified atom stereocenters. The third-order valence-electron chi connectivity index (χ3n) is 4.36. The Balaban J connectivity index is 1.90. The molecule has 0 aromatic heterocycles. The predicted octanol–water partition coefficient (Wildman–Crippen LogP) is 3.65. The van der Waals surface area contributed by atoms with E-state index < -0.39 is 11.6 Å². The first-order valence-corrected chi connectivity index (χ1v) is 7.14. The van der Waals surface area contributed by atoms with Gasteiger partial charge in [-0.25, -0.2) is 4.79 Å². The van der Waals surface area contributed by atoms with Crippen LogP contribution in [-0.2, 0) is 4.79 Å². The summed E-state index contributed by atoms with van der Waals surface area (Å²) in [5, 5.41) is 9.27. The molecule has 19 heavy (non-hydrogen) atoms. The van der Waals surface area contributed by atoms with Crippen LogP contribution in [0.2, 0.25) is 0 Å². The first-order valence-electron chi connectivity index (χ1n) is 7.14. The minimum Gasteiger partial charge on any atom is -0.478 e. The van der Waals surface area contributed by atoms with E-state index in [0.29, 0.717) is 18.8 Å². The Hall–Kier alpha value is -1.51. The molecule has 0 radical (unpaired) electrons. The fourth-order valence-corrected chi connectivity index (χ4v) is 2.99. The second kappa shape index (κ2) is 4.55. The number of hydrogen-bond acceptors (Lipinski definition) is 2. The number of benzene rings is 1. The van der Waals surface area contributed by atoms with Gasteiger partial charge in [0, 0.05) is 12.8 Å². The van der Waals surface area contributed by atoms with E-state index in [9.17, 15) is 9.90 Å². The van der Waals surface area contributed by atoms with Crippen LogP contribution in [0.15, 0.2) is 18.2 Å². The molecule has 0 saturated heterocycles. The van der Waals surface area contributed by atoms with E-state index in [1.807, 2.05) is 13.0 Å². The summed E-state index contributed by atoms with van der Waals surface area (Å²) in [6.45, 7) is 2.02. The predicted molar refractivity (Wildman–Crippen MR) is 72.6 cm³/mol. The molecule has 2 aliphatic rings. The Morgan fingerprint density at radius 2 is 2.00 bits per heavy atom. The summed E-state index contributed by atoms with van der Waals surface area (Å²) in [5.74, 6) is 0.512. The fraction of sp³-hybridized carbons (Fsp3) is 0.562. The summed E-state index contributed by atoms with van der Waals surface area (Å²) in [4.78, 5) is 11.3. The zero-order valence-corrected chi connectivity index (χ0v) is 11.3. The van der Waals surface area contributed by atoms with Crippen LogP contribution in [0.25, 0.3) is 0 Å². The van der Waals surface area contributed by atoms with Crippen molar-refractivity contribution in [3.05, 3.63) is 29.3 Å². The van der Waals surface area contributed by atoms with Crippen LogP contribution in [0.5, 0.6) is 5.75 Å². The Bertz CT molecular complexity index is 497. The number of carboxylic acid groups (broad SMARTS) is 1. The molecule has 1 aromatic carbocycles. The fourth-order valence-electron chi connectivity index (χ4n) is 2.99. The minimum atomic E-state index is -0.943. The second-order valence-electron chi connectivity index (χ2n) is 5.92. The van der Waals surface area contributed by atoms with Crippen LogP contribution in [0, 0.1) is 6.92 Å². The number of ether oxygens (including phenoxy) is 1. The Morgan fingerprint density at radius 3 is 2.58 bits per heavy atom. The normalized spacial score (nSPS) is 21.3. The smallest absolute Gasteiger partial charge is 0.348 e. The highest BCUT2D eigenvalue weighted by Crippen LogP contribution is 2.45. The van der Waals surface area contributed by atoms with Crippen molar-refractivity contribution >= 4 is 5.97 Å². The lowest BCUT2D eigenvalue weighted by Crippen LogP contribution is -2.29. The first kappa shape index (κ1) is 12.5. The molecule has 2 aliphatic carbocycles. The maximum absolute atomic E-state index is 11.3. The van der Waals surface area contributed by atoms with Gasteiger partial charge in [0.2, 0.25) is 5.60 Å². The summed E-state index contributed by atoms with van der Waals surface area (Å²) in [6.07, 6.45) is 6.17. The first-order chi connectivity index (χ1) is 9.11. The molecule has 1 aromatic rings. The second-order valence-corrected chi connectivity index (χ2v) is 5.92. The van der Waals surface area contributed by atoms with Crippen LogP contribution in [-0.4, -0.2) is 16.7 Å². The van der Waals surface area contributed by atoms with E-state index in [-0.39, 0.29) is 0 Å². The van der Waals surface area contributed by atoms with Gasteiger partial charge in [0.25, 0.3) is 0 Å². The van der Waals surface area contributed by atoms with Gasteiger partial charge in [0.05, 0.1) is 0 Å². The zero-order valence-electron chi connectivity index (χ0n) is 11.3. The molecule has 0 bridgehead atoms. The average Bonchev–Trinajstić information content (AvgIpc) is 2.96. The molecule has 3 heteroatoms. The number of aryl methyl sites for hydroxylation is 1. The lowest BCUT2D eigenvalue weighted by atomic mass is 9.95. The number of hydrogen-bond donors (Lipinski definition) is 1. The molecule has 2 fully saturated rings. The van der Waals surface area contributed by atoms with Crippen LogP contribution < -0.4 is 4.74 Å². The summed E-state index contributed by atoms with van der Waals surface area (Å²) >= 11 is 0. The van der Waals surface area contributed by atoms with E-state index in [1.54, 1.807) is 0 Å². The summed E-state index contributed by atoms with van der Waals surface area (Å²) < 4.78 is 5.90. The maximum Gasteiger partial charge on any atom is 0.348 e. The minimum absolute atomic E-state index is 0.542. The van der Waals surface area contributed by atoms with Crippen LogP contribution in [0.3, 0.4) is 0 Å². The SMILES string of the molecule is Cc1ccc(C2CCCC2)c(OC2(C(=O)O)CC2)c1. The molecule has 0 spiro atoms. The molecule has 3 nitrogen and oxygen atoms in total. The summed E-state index contributed by atoms with van der Waals surface area (Å²) in [7, 11) is 0. The highest BCUT2D eigenvalue weighted by atomic mass is 16.5. The highest BCUT2D eigenvalue weighted by Gasteiger charge is 2.53. The topological polar surface area (TPSA) is 46.5 Å². The molecule has 3 rings (SSSR count). The lowest BCUT2D eigenvalue weighted by Gasteiger charge is -2.20. The van der Waals surface area contributed by atoms with E-state index in [0.717, 1.165) is 11.3 Å². The van der Waals surface area contributed by atoms with Gasteiger partial charge >= 0.3 is 5.97 Å². The van der Waals surface area contributed by atoms with Crippen molar-refractivity contribution in [2.45, 2.75) is 57.0 Å². The maximum atomic E-state index is 11.3. The standard InChI is InChI=1S/C16H20O3/c1-11-6-7-13(12-4-2-3-5-12)14(10-11)19-16(8-9-16)15(17)18/h6-7,10,12H,2-5,8-9H2,1H3,(H,17,18). The van der Waals surface area contributed by atoms with Crippen molar-refractivity contribution in [2.75, 3.05) is 0 Å². The molecule has 0 amide bonds. The van der Waals surface area contributed by atoms with Crippen molar-refractivity contribution in [1.82, 2.24) is 0 Å². The number of rotatable bonds is 4. The summed E-state index contributed by atoms with van der Waals surface area (Å²) in [5.41, 5.74) is 1.38. The van der Waals surface area contributed by atoms with Gasteiger partial charge in [-0.15, -0.1) is 0 Å². The molecule has 0 heterocycles. The monoisotopic (exact) mass is 260 g/mol. The van der Waals surface area contributed by atoms with E-state index in [2.05, 4.69) is 12.1 Å². The number of aliphatic carboxylic acids is 1. The Morgan fingerprint density at radius 1 is 1.32 bits per heavy atom. The van der Waals surface area contributed by atoms with Crippen LogP contribution >= 0.6 is 0 Å². The van der Waals surface area contributed by atoms with Gasteiger partial charge < -0.3 is 9.84 Å². The average molecular weight is 260 g/mol.